The number of hydrogen-bond donors (Lipinski definition) is 1. The molecule has 0 bridgehead atoms. The van der Waals surface area contributed by atoms with E-state index in [-0.39, 0.29) is 10.6 Å². The zero-order valence-corrected chi connectivity index (χ0v) is 13.3. The van der Waals surface area contributed by atoms with Crippen LogP contribution in [0.15, 0.2) is 35.3 Å². The Morgan fingerprint density at radius 2 is 2.23 bits per heavy atom. The van der Waals surface area contributed by atoms with E-state index in [0.29, 0.717) is 25.4 Å². The van der Waals surface area contributed by atoms with Crippen molar-refractivity contribution in [3.8, 4) is 5.75 Å². The van der Waals surface area contributed by atoms with E-state index in [0.717, 1.165) is 11.3 Å². The number of halogens is 1. The Kier molecular flexibility index (Phi) is 5.80. The van der Waals surface area contributed by atoms with Gasteiger partial charge in [0.05, 0.1) is 32.2 Å². The lowest BCUT2D eigenvalue weighted by atomic mass is 10.2. The van der Waals surface area contributed by atoms with Crippen molar-refractivity contribution in [2.24, 2.45) is 7.05 Å². The number of ether oxygens (including phenoxy) is 2. The van der Waals surface area contributed by atoms with E-state index in [1.165, 1.54) is 10.9 Å². The molecule has 0 spiro atoms. The van der Waals surface area contributed by atoms with Gasteiger partial charge in [0.1, 0.15) is 10.8 Å². The van der Waals surface area contributed by atoms with Crippen LogP contribution >= 0.6 is 11.6 Å². The van der Waals surface area contributed by atoms with E-state index in [2.05, 4.69) is 10.4 Å². The van der Waals surface area contributed by atoms with E-state index in [1.54, 1.807) is 14.2 Å². The van der Waals surface area contributed by atoms with Crippen LogP contribution in [-0.2, 0) is 18.4 Å². The summed E-state index contributed by atoms with van der Waals surface area (Å²) in [5, 5.41) is 7.07. The normalized spacial score (nSPS) is 10.5. The first-order chi connectivity index (χ1) is 10.6. The van der Waals surface area contributed by atoms with Gasteiger partial charge in [-0.2, -0.15) is 5.10 Å². The number of aromatic nitrogens is 2. The fraction of sp³-hybridized carbons (Fsp3) is 0.333. The maximum Gasteiger partial charge on any atom is 0.287 e. The maximum absolute atomic E-state index is 11.6. The summed E-state index contributed by atoms with van der Waals surface area (Å²) in [7, 11) is 3.18. The third-order valence-electron chi connectivity index (χ3n) is 3.04. The Bertz CT molecular complexity index is 688. The second-order valence-corrected chi connectivity index (χ2v) is 5.01. The minimum Gasteiger partial charge on any atom is -0.497 e. The van der Waals surface area contributed by atoms with Crippen LogP contribution in [0.3, 0.4) is 0 Å². The Hall–Kier alpha value is -2.05. The van der Waals surface area contributed by atoms with E-state index < -0.39 is 0 Å². The molecule has 1 aromatic carbocycles. The van der Waals surface area contributed by atoms with Gasteiger partial charge in [0.15, 0.2) is 0 Å². The predicted octanol–water partition coefficient (Wildman–Crippen LogP) is 2.07. The smallest absolute Gasteiger partial charge is 0.287 e. The molecule has 1 N–H and O–H groups in total. The van der Waals surface area contributed by atoms with Gasteiger partial charge in [-0.1, -0.05) is 23.7 Å². The largest absolute Gasteiger partial charge is 0.497 e. The first kappa shape index (κ1) is 16.3. The van der Waals surface area contributed by atoms with Gasteiger partial charge in [0, 0.05) is 13.6 Å². The summed E-state index contributed by atoms with van der Waals surface area (Å²) in [6, 6.07) is 7.70. The summed E-state index contributed by atoms with van der Waals surface area (Å²) < 4.78 is 11.9. The van der Waals surface area contributed by atoms with Gasteiger partial charge in [0.2, 0.25) is 0 Å². The summed E-state index contributed by atoms with van der Waals surface area (Å²) in [5.41, 5.74) is 1.21. The van der Waals surface area contributed by atoms with Crippen molar-refractivity contribution < 1.29 is 9.47 Å². The minimum atomic E-state index is -0.330. The molecule has 22 heavy (non-hydrogen) atoms. The van der Waals surface area contributed by atoms with Crippen molar-refractivity contribution in [1.82, 2.24) is 9.78 Å². The second-order valence-electron chi connectivity index (χ2n) is 4.63. The number of aryl methyl sites for hydroxylation is 1. The summed E-state index contributed by atoms with van der Waals surface area (Å²) in [4.78, 5) is 11.6. The lowest BCUT2D eigenvalue weighted by Gasteiger charge is -2.09. The predicted molar refractivity (Wildman–Crippen MR) is 85.6 cm³/mol. The number of rotatable bonds is 7. The maximum atomic E-state index is 11.6. The molecule has 0 saturated heterocycles. The average molecular weight is 324 g/mol. The first-order valence-electron chi connectivity index (χ1n) is 6.78. The van der Waals surface area contributed by atoms with Crippen LogP contribution in [0.5, 0.6) is 5.75 Å². The molecular weight excluding hydrogens is 306 g/mol. The lowest BCUT2D eigenvalue weighted by molar-refractivity contribution is 0.130. The number of nitrogens with zero attached hydrogens (tertiary/aromatic N) is 2. The Labute approximate surface area is 133 Å². The third kappa shape index (κ3) is 4.22. The van der Waals surface area contributed by atoms with Crippen LogP contribution in [0, 0.1) is 0 Å². The lowest BCUT2D eigenvalue weighted by Crippen LogP contribution is -2.21. The molecule has 2 rings (SSSR count). The van der Waals surface area contributed by atoms with Crippen molar-refractivity contribution in [3.05, 3.63) is 51.4 Å². The Morgan fingerprint density at radius 3 is 3.00 bits per heavy atom. The van der Waals surface area contributed by atoms with Crippen molar-refractivity contribution >= 4 is 17.3 Å². The molecule has 2 aromatic rings. The Balaban J connectivity index is 1.78. The molecule has 0 aliphatic carbocycles. The molecule has 0 unspecified atom stereocenters. The van der Waals surface area contributed by atoms with Gasteiger partial charge >= 0.3 is 0 Å². The van der Waals surface area contributed by atoms with Crippen LogP contribution in [0.4, 0.5) is 5.69 Å². The van der Waals surface area contributed by atoms with E-state index in [1.807, 2.05) is 24.3 Å². The molecule has 0 atom stereocenters. The van der Waals surface area contributed by atoms with Crippen LogP contribution < -0.4 is 15.6 Å². The van der Waals surface area contributed by atoms with E-state index >= 15 is 0 Å². The molecule has 0 fully saturated rings. The molecule has 0 radical (unpaired) electrons. The quantitative estimate of drug-likeness (QED) is 0.790. The van der Waals surface area contributed by atoms with Gasteiger partial charge in [-0.3, -0.25) is 4.79 Å². The average Bonchev–Trinajstić information content (AvgIpc) is 2.54. The highest BCUT2D eigenvalue weighted by molar-refractivity contribution is 6.32. The molecule has 1 aromatic heterocycles. The molecular formula is C15H18ClN3O3. The topological polar surface area (TPSA) is 65.4 Å². The highest BCUT2D eigenvalue weighted by Crippen LogP contribution is 2.15. The summed E-state index contributed by atoms with van der Waals surface area (Å²) in [6.07, 6.45) is 1.52. The zero-order valence-electron chi connectivity index (χ0n) is 12.5. The Morgan fingerprint density at radius 1 is 1.41 bits per heavy atom. The van der Waals surface area contributed by atoms with Crippen molar-refractivity contribution in [1.29, 1.82) is 0 Å². The van der Waals surface area contributed by atoms with Gasteiger partial charge < -0.3 is 14.8 Å². The summed E-state index contributed by atoms with van der Waals surface area (Å²) in [6.45, 7) is 1.49. The SMILES string of the molecule is COc1cccc(COCCNc2cnn(C)c(=O)c2Cl)c1. The van der Waals surface area contributed by atoms with Crippen LogP contribution in [0.1, 0.15) is 5.56 Å². The van der Waals surface area contributed by atoms with Crippen LogP contribution in [0.2, 0.25) is 5.02 Å². The van der Waals surface area contributed by atoms with Crippen molar-refractivity contribution in [2.75, 3.05) is 25.6 Å². The summed E-state index contributed by atoms with van der Waals surface area (Å²) in [5.74, 6) is 0.803. The number of nitrogens with one attached hydrogen (secondary N) is 1. The molecule has 7 heteroatoms. The van der Waals surface area contributed by atoms with E-state index in [4.69, 9.17) is 21.1 Å². The molecule has 6 nitrogen and oxygen atoms in total. The molecule has 0 amide bonds. The second kappa shape index (κ2) is 7.82. The minimum absolute atomic E-state index is 0.130. The van der Waals surface area contributed by atoms with Gasteiger partial charge in [-0.15, -0.1) is 0 Å². The van der Waals surface area contributed by atoms with Gasteiger partial charge in [0.25, 0.3) is 5.56 Å². The monoisotopic (exact) mass is 323 g/mol. The van der Waals surface area contributed by atoms with Crippen molar-refractivity contribution in [3.63, 3.8) is 0 Å². The zero-order chi connectivity index (χ0) is 15.9. The number of anilines is 1. The molecule has 0 saturated carbocycles. The molecule has 118 valence electrons. The molecule has 1 heterocycles. The third-order valence-corrected chi connectivity index (χ3v) is 3.41. The highest BCUT2D eigenvalue weighted by atomic mass is 35.5. The van der Waals surface area contributed by atoms with Crippen LogP contribution in [-0.4, -0.2) is 30.0 Å². The van der Waals surface area contributed by atoms with Crippen molar-refractivity contribution in [2.45, 2.75) is 6.61 Å². The number of benzene rings is 1. The fourth-order valence-electron chi connectivity index (χ4n) is 1.84. The molecule has 0 aliphatic rings. The van der Waals surface area contributed by atoms with Gasteiger partial charge in [-0.05, 0) is 17.7 Å². The summed E-state index contributed by atoms with van der Waals surface area (Å²) >= 11 is 5.95. The number of methoxy groups -OCH3 is 1. The highest BCUT2D eigenvalue weighted by Gasteiger charge is 2.06. The number of hydrogen-bond acceptors (Lipinski definition) is 5. The first-order valence-corrected chi connectivity index (χ1v) is 7.16. The standard InChI is InChI=1S/C15H18ClN3O3/c1-19-15(20)14(16)13(9-18-19)17-6-7-22-10-11-4-3-5-12(8-11)21-2/h3-5,8-9,17H,6-7,10H2,1-2H3. The fourth-order valence-corrected chi connectivity index (χ4v) is 2.08. The molecule has 0 aliphatic heterocycles. The van der Waals surface area contributed by atoms with Gasteiger partial charge in [-0.25, -0.2) is 4.68 Å². The van der Waals surface area contributed by atoms with Crippen LogP contribution in [0.25, 0.3) is 0 Å². The van der Waals surface area contributed by atoms with E-state index in [9.17, 15) is 4.79 Å².